The van der Waals surface area contributed by atoms with Crippen LogP contribution in [0.15, 0.2) is 0 Å². The Morgan fingerprint density at radius 2 is 2.05 bits per heavy atom. The second kappa shape index (κ2) is 6.53. The molecule has 1 fully saturated rings. The predicted molar refractivity (Wildman–Crippen MR) is 73.8 cm³/mol. The fourth-order valence-corrected chi connectivity index (χ4v) is 3.00. The highest BCUT2D eigenvalue weighted by molar-refractivity contribution is 7.90. The Labute approximate surface area is 119 Å². The van der Waals surface area contributed by atoms with E-state index in [9.17, 15) is 23.1 Å². The van der Waals surface area contributed by atoms with Gasteiger partial charge in [0.2, 0.25) is 5.91 Å². The van der Waals surface area contributed by atoms with Crippen LogP contribution >= 0.6 is 0 Å². The van der Waals surface area contributed by atoms with Crippen molar-refractivity contribution in [3.05, 3.63) is 0 Å². The van der Waals surface area contributed by atoms with Gasteiger partial charge in [0.15, 0.2) is 0 Å². The number of carbonyl (C=O) groups is 2. The first kappa shape index (κ1) is 16.9. The Morgan fingerprint density at radius 1 is 1.45 bits per heavy atom. The van der Waals surface area contributed by atoms with Crippen LogP contribution in [0.1, 0.15) is 26.2 Å². The first-order valence-corrected chi connectivity index (χ1v) is 8.64. The molecule has 3 unspecified atom stereocenters. The standard InChI is InChI=1S/C12H22N2O5S/c1-8-3-5-14(10(7-8)12(16)17)11(15)9(13)4-6-20(2,18)19/h8-10H,3-7,13H2,1-2H3,(H,16,17). The summed E-state index contributed by atoms with van der Waals surface area (Å²) < 4.78 is 22.2. The third-order valence-electron chi connectivity index (χ3n) is 3.55. The number of sulfone groups is 1. The van der Waals surface area contributed by atoms with E-state index >= 15 is 0 Å². The van der Waals surface area contributed by atoms with Gasteiger partial charge < -0.3 is 15.7 Å². The molecule has 1 aliphatic heterocycles. The Bertz CT molecular complexity index is 476. The number of aliphatic carboxylic acids is 1. The maximum atomic E-state index is 12.2. The average Bonchev–Trinajstić information content (AvgIpc) is 2.34. The second-order valence-electron chi connectivity index (χ2n) is 5.54. The molecule has 3 N–H and O–H groups in total. The zero-order chi connectivity index (χ0) is 15.5. The normalized spacial score (nSPS) is 25.2. The van der Waals surface area contributed by atoms with E-state index in [1.165, 1.54) is 4.90 Å². The third-order valence-corrected chi connectivity index (χ3v) is 4.53. The molecule has 20 heavy (non-hydrogen) atoms. The third kappa shape index (κ3) is 4.75. The zero-order valence-corrected chi connectivity index (χ0v) is 12.6. The molecule has 7 nitrogen and oxygen atoms in total. The molecule has 0 radical (unpaired) electrons. The molecular weight excluding hydrogens is 284 g/mol. The van der Waals surface area contributed by atoms with Crippen molar-refractivity contribution in [1.29, 1.82) is 0 Å². The molecule has 0 saturated carbocycles. The van der Waals surface area contributed by atoms with E-state index in [0.717, 1.165) is 12.7 Å². The fraction of sp³-hybridized carbons (Fsp3) is 0.833. The predicted octanol–water partition coefficient (Wildman–Crippen LogP) is -0.540. The first-order valence-electron chi connectivity index (χ1n) is 6.58. The van der Waals surface area contributed by atoms with Gasteiger partial charge in [0.05, 0.1) is 11.8 Å². The van der Waals surface area contributed by atoms with Gasteiger partial charge in [0.1, 0.15) is 15.9 Å². The molecule has 1 amide bonds. The maximum Gasteiger partial charge on any atom is 0.326 e. The number of carboxylic acid groups (broad SMARTS) is 1. The summed E-state index contributed by atoms with van der Waals surface area (Å²) >= 11 is 0. The van der Waals surface area contributed by atoms with Crippen molar-refractivity contribution >= 4 is 21.7 Å². The van der Waals surface area contributed by atoms with Crippen LogP contribution in [0.25, 0.3) is 0 Å². The van der Waals surface area contributed by atoms with Crippen LogP contribution < -0.4 is 5.73 Å². The Morgan fingerprint density at radius 3 is 2.55 bits per heavy atom. The summed E-state index contributed by atoms with van der Waals surface area (Å²) in [6.45, 7) is 2.30. The molecule has 0 spiro atoms. The number of likely N-dealkylation sites (tertiary alicyclic amines) is 1. The van der Waals surface area contributed by atoms with Crippen molar-refractivity contribution in [2.45, 2.75) is 38.3 Å². The topological polar surface area (TPSA) is 118 Å². The van der Waals surface area contributed by atoms with E-state index in [4.69, 9.17) is 5.73 Å². The van der Waals surface area contributed by atoms with Crippen LogP contribution in [0.3, 0.4) is 0 Å². The van der Waals surface area contributed by atoms with Gasteiger partial charge in [0, 0.05) is 12.8 Å². The minimum absolute atomic E-state index is 0.00998. The molecule has 8 heteroatoms. The van der Waals surface area contributed by atoms with Gasteiger partial charge >= 0.3 is 5.97 Å². The highest BCUT2D eigenvalue weighted by Gasteiger charge is 2.36. The Hall–Kier alpha value is -1.15. The van der Waals surface area contributed by atoms with Gasteiger partial charge in [-0.3, -0.25) is 4.79 Å². The summed E-state index contributed by atoms with van der Waals surface area (Å²) in [6, 6.07) is -1.84. The number of hydrogen-bond acceptors (Lipinski definition) is 5. The van der Waals surface area contributed by atoms with Gasteiger partial charge in [-0.05, 0) is 25.2 Å². The van der Waals surface area contributed by atoms with Crippen LogP contribution in [0, 0.1) is 5.92 Å². The largest absolute Gasteiger partial charge is 0.480 e. The summed E-state index contributed by atoms with van der Waals surface area (Å²) in [7, 11) is -3.19. The highest BCUT2D eigenvalue weighted by atomic mass is 32.2. The molecule has 0 aliphatic carbocycles. The van der Waals surface area contributed by atoms with Crippen molar-refractivity contribution in [1.82, 2.24) is 4.90 Å². The monoisotopic (exact) mass is 306 g/mol. The summed E-state index contributed by atoms with van der Waals surface area (Å²) in [5.74, 6) is -1.46. The zero-order valence-electron chi connectivity index (χ0n) is 11.8. The number of hydrogen-bond donors (Lipinski definition) is 2. The van der Waals surface area contributed by atoms with E-state index in [-0.39, 0.29) is 18.1 Å². The number of amides is 1. The van der Waals surface area contributed by atoms with Crippen molar-refractivity contribution in [3.63, 3.8) is 0 Å². The lowest BCUT2D eigenvalue weighted by atomic mass is 9.92. The van der Waals surface area contributed by atoms with Crippen LogP contribution in [0.2, 0.25) is 0 Å². The number of nitrogens with two attached hydrogens (primary N) is 1. The lowest BCUT2D eigenvalue weighted by molar-refractivity contribution is -0.153. The van der Waals surface area contributed by atoms with Crippen molar-refractivity contribution in [2.24, 2.45) is 11.7 Å². The number of nitrogens with zero attached hydrogens (tertiary/aromatic N) is 1. The molecule has 3 atom stereocenters. The maximum absolute atomic E-state index is 12.2. The number of carboxylic acids is 1. The van der Waals surface area contributed by atoms with E-state index in [0.29, 0.717) is 13.0 Å². The SMILES string of the molecule is CC1CCN(C(=O)C(N)CCS(C)(=O)=O)C(C(=O)O)C1. The molecule has 1 rings (SSSR count). The number of rotatable bonds is 5. The smallest absolute Gasteiger partial charge is 0.326 e. The number of carbonyl (C=O) groups excluding carboxylic acids is 1. The Balaban J connectivity index is 2.71. The average molecular weight is 306 g/mol. The molecule has 0 aromatic rings. The summed E-state index contributed by atoms with van der Waals surface area (Å²) in [6.07, 6.45) is 2.22. The highest BCUT2D eigenvalue weighted by Crippen LogP contribution is 2.23. The molecular formula is C12H22N2O5S. The van der Waals surface area contributed by atoms with Crippen molar-refractivity contribution in [3.8, 4) is 0 Å². The second-order valence-corrected chi connectivity index (χ2v) is 7.80. The van der Waals surface area contributed by atoms with E-state index in [2.05, 4.69) is 0 Å². The first-order chi connectivity index (χ1) is 9.11. The summed E-state index contributed by atoms with van der Waals surface area (Å²) in [5.41, 5.74) is 5.70. The van der Waals surface area contributed by atoms with Gasteiger partial charge in [-0.2, -0.15) is 0 Å². The van der Waals surface area contributed by atoms with Gasteiger partial charge in [-0.1, -0.05) is 6.92 Å². The molecule has 0 bridgehead atoms. The summed E-state index contributed by atoms with van der Waals surface area (Å²) in [4.78, 5) is 24.7. The van der Waals surface area contributed by atoms with Gasteiger partial charge in [-0.25, -0.2) is 13.2 Å². The van der Waals surface area contributed by atoms with Crippen LogP contribution in [-0.2, 0) is 19.4 Å². The molecule has 1 saturated heterocycles. The quantitative estimate of drug-likeness (QED) is 0.704. The lowest BCUT2D eigenvalue weighted by Crippen LogP contribution is -2.55. The van der Waals surface area contributed by atoms with Gasteiger partial charge in [-0.15, -0.1) is 0 Å². The molecule has 0 aromatic heterocycles. The van der Waals surface area contributed by atoms with E-state index in [1.807, 2.05) is 6.92 Å². The van der Waals surface area contributed by atoms with Crippen LogP contribution in [0.5, 0.6) is 0 Å². The molecule has 0 aromatic carbocycles. The lowest BCUT2D eigenvalue weighted by Gasteiger charge is -2.37. The molecule has 116 valence electrons. The molecule has 1 aliphatic rings. The van der Waals surface area contributed by atoms with E-state index in [1.54, 1.807) is 0 Å². The van der Waals surface area contributed by atoms with E-state index < -0.39 is 33.8 Å². The van der Waals surface area contributed by atoms with Crippen molar-refractivity contribution < 1.29 is 23.1 Å². The minimum Gasteiger partial charge on any atom is -0.480 e. The fourth-order valence-electron chi connectivity index (χ4n) is 2.32. The number of piperidine rings is 1. The Kier molecular flexibility index (Phi) is 5.52. The minimum atomic E-state index is -3.19. The van der Waals surface area contributed by atoms with Crippen LogP contribution in [-0.4, -0.2) is 60.9 Å². The van der Waals surface area contributed by atoms with Gasteiger partial charge in [0.25, 0.3) is 0 Å². The summed E-state index contributed by atoms with van der Waals surface area (Å²) in [5, 5.41) is 9.19. The molecule has 1 heterocycles. The van der Waals surface area contributed by atoms with Crippen LogP contribution in [0.4, 0.5) is 0 Å². The van der Waals surface area contributed by atoms with Crippen molar-refractivity contribution in [2.75, 3.05) is 18.6 Å².